The Morgan fingerprint density at radius 1 is 0.684 bits per heavy atom. The van der Waals surface area contributed by atoms with Gasteiger partial charge in [0.25, 0.3) is 0 Å². The Bertz CT molecular complexity index is 1660. The Labute approximate surface area is 223 Å². The second-order valence-electron chi connectivity index (χ2n) is 9.61. The molecule has 3 heteroatoms. The zero-order valence-corrected chi connectivity index (χ0v) is 21.8. The molecule has 0 aliphatic heterocycles. The van der Waals surface area contributed by atoms with E-state index in [0.29, 0.717) is 17.4 Å². The Kier molecular flexibility index (Phi) is 7.01. The number of rotatable bonds is 7. The number of carbonyl (C=O) groups is 2. The molecule has 5 aromatic carbocycles. The lowest BCUT2D eigenvalue weighted by atomic mass is 10.0. The number of para-hydroxylation sites is 1. The molecule has 0 spiro atoms. The average molecular weight is 496 g/mol. The van der Waals surface area contributed by atoms with Crippen LogP contribution < -0.4 is 4.90 Å². The molecule has 0 aliphatic carbocycles. The number of nitrogens with zero attached hydrogens (tertiary/aromatic N) is 1. The van der Waals surface area contributed by atoms with E-state index >= 15 is 0 Å². The molecular weight excluding hydrogens is 466 g/mol. The first-order valence-electron chi connectivity index (χ1n) is 12.7. The predicted octanol–water partition coefficient (Wildman–Crippen LogP) is 8.94. The molecule has 0 saturated heterocycles. The number of hydrogen-bond acceptors (Lipinski definition) is 3. The number of aryl methyl sites for hydroxylation is 3. The minimum absolute atomic E-state index is 0.189. The Morgan fingerprint density at radius 2 is 1.34 bits per heavy atom. The quantitative estimate of drug-likeness (QED) is 0.128. The lowest BCUT2D eigenvalue weighted by Gasteiger charge is -2.29. The van der Waals surface area contributed by atoms with Gasteiger partial charge < -0.3 is 4.90 Å². The van der Waals surface area contributed by atoms with Crippen LogP contribution in [0.3, 0.4) is 0 Å². The molecule has 0 amide bonds. The fraction of sp³-hybridized carbons (Fsp3) is 0.0857. The third-order valence-corrected chi connectivity index (χ3v) is 6.76. The van der Waals surface area contributed by atoms with Gasteiger partial charge in [-0.2, -0.15) is 0 Å². The lowest BCUT2D eigenvalue weighted by Crippen LogP contribution is -2.13. The van der Waals surface area contributed by atoms with Crippen molar-refractivity contribution in [1.82, 2.24) is 0 Å². The molecule has 5 aromatic rings. The highest BCUT2D eigenvalue weighted by molar-refractivity contribution is 6.11. The molecule has 0 fully saturated rings. The zero-order chi connectivity index (χ0) is 26.6. The van der Waals surface area contributed by atoms with Crippen LogP contribution in [-0.2, 0) is 0 Å². The Morgan fingerprint density at radius 3 is 2.08 bits per heavy atom. The Balaban J connectivity index is 1.51. The Hall–Kier alpha value is -4.76. The molecule has 186 valence electrons. The molecule has 3 nitrogen and oxygen atoms in total. The van der Waals surface area contributed by atoms with Gasteiger partial charge in [0.1, 0.15) is 0 Å². The van der Waals surface area contributed by atoms with E-state index in [9.17, 15) is 9.59 Å². The highest BCUT2D eigenvalue weighted by Gasteiger charge is 2.17. The van der Waals surface area contributed by atoms with Gasteiger partial charge in [0.2, 0.25) is 0 Å². The van der Waals surface area contributed by atoms with Gasteiger partial charge in [0, 0.05) is 22.5 Å². The van der Waals surface area contributed by atoms with Crippen molar-refractivity contribution in [2.24, 2.45) is 0 Å². The predicted molar refractivity (Wildman–Crippen MR) is 158 cm³/mol. The van der Waals surface area contributed by atoms with Crippen LogP contribution in [0.2, 0.25) is 0 Å². The van der Waals surface area contributed by atoms with E-state index in [4.69, 9.17) is 0 Å². The molecule has 38 heavy (non-hydrogen) atoms. The smallest absolute Gasteiger partial charge is 0.186 e. The summed E-state index contributed by atoms with van der Waals surface area (Å²) in [6, 6.07) is 34.4. The fourth-order valence-corrected chi connectivity index (χ4v) is 5.09. The normalized spacial score (nSPS) is 11.1. The summed E-state index contributed by atoms with van der Waals surface area (Å²) in [6.45, 7) is 6.47. The van der Waals surface area contributed by atoms with Gasteiger partial charge in [-0.15, -0.1) is 0 Å². The summed E-state index contributed by atoms with van der Waals surface area (Å²) in [5, 5.41) is 2.20. The average Bonchev–Trinajstić information content (AvgIpc) is 2.93. The van der Waals surface area contributed by atoms with Crippen molar-refractivity contribution in [3.8, 4) is 0 Å². The summed E-state index contributed by atoms with van der Waals surface area (Å²) < 4.78 is 0. The lowest BCUT2D eigenvalue weighted by molar-refractivity contribution is 0.103. The second-order valence-corrected chi connectivity index (χ2v) is 9.61. The molecular formula is C35H29NO2. The van der Waals surface area contributed by atoms with E-state index in [-0.39, 0.29) is 5.78 Å². The molecule has 5 rings (SSSR count). The maximum Gasteiger partial charge on any atom is 0.186 e. The van der Waals surface area contributed by atoms with Crippen LogP contribution in [0.5, 0.6) is 0 Å². The van der Waals surface area contributed by atoms with Crippen LogP contribution in [-0.4, -0.2) is 12.1 Å². The number of hydrogen-bond donors (Lipinski definition) is 0. The summed E-state index contributed by atoms with van der Waals surface area (Å²) in [5.74, 6) is -0.189. The van der Waals surface area contributed by atoms with Crippen molar-refractivity contribution < 1.29 is 9.59 Å². The molecule has 0 atom stereocenters. The summed E-state index contributed by atoms with van der Waals surface area (Å²) in [6.07, 6.45) is 4.04. The number of carbonyl (C=O) groups excluding carboxylic acids is 2. The third kappa shape index (κ3) is 5.05. The van der Waals surface area contributed by atoms with Crippen LogP contribution in [0.15, 0.2) is 109 Å². The monoisotopic (exact) mass is 495 g/mol. The molecule has 0 radical (unpaired) electrons. The van der Waals surface area contributed by atoms with Crippen molar-refractivity contribution in [3.63, 3.8) is 0 Å². The molecule has 0 N–H and O–H groups in total. The van der Waals surface area contributed by atoms with Crippen LogP contribution in [0.25, 0.3) is 16.8 Å². The number of benzene rings is 5. The topological polar surface area (TPSA) is 37.4 Å². The van der Waals surface area contributed by atoms with E-state index in [1.807, 2.05) is 12.1 Å². The van der Waals surface area contributed by atoms with Gasteiger partial charge >= 0.3 is 0 Å². The highest BCUT2D eigenvalue weighted by atomic mass is 16.1. The van der Waals surface area contributed by atoms with Crippen molar-refractivity contribution in [2.75, 3.05) is 4.90 Å². The van der Waals surface area contributed by atoms with Gasteiger partial charge in [-0.3, -0.25) is 9.59 Å². The maximum atomic E-state index is 12.7. The van der Waals surface area contributed by atoms with Crippen molar-refractivity contribution in [3.05, 3.63) is 143 Å². The molecule has 0 unspecified atom stereocenters. The highest BCUT2D eigenvalue weighted by Crippen LogP contribution is 2.40. The zero-order valence-electron chi connectivity index (χ0n) is 21.8. The molecule has 0 aliphatic rings. The van der Waals surface area contributed by atoms with Crippen molar-refractivity contribution in [1.29, 1.82) is 0 Å². The minimum atomic E-state index is -0.189. The number of allylic oxidation sites excluding steroid dienone is 1. The van der Waals surface area contributed by atoms with E-state index in [0.717, 1.165) is 27.7 Å². The summed E-state index contributed by atoms with van der Waals surface area (Å²) >= 11 is 0. The van der Waals surface area contributed by atoms with Gasteiger partial charge in [0.05, 0.1) is 5.69 Å². The molecule has 0 bridgehead atoms. The summed E-state index contributed by atoms with van der Waals surface area (Å²) in [4.78, 5) is 26.3. The van der Waals surface area contributed by atoms with E-state index in [1.165, 1.54) is 28.5 Å². The number of aldehydes is 1. The van der Waals surface area contributed by atoms with Gasteiger partial charge in [-0.05, 0) is 84.6 Å². The first-order chi connectivity index (χ1) is 18.4. The minimum Gasteiger partial charge on any atom is -0.310 e. The molecule has 0 saturated carbocycles. The molecule has 0 heterocycles. The van der Waals surface area contributed by atoms with Crippen molar-refractivity contribution >= 4 is 46.0 Å². The largest absolute Gasteiger partial charge is 0.310 e. The van der Waals surface area contributed by atoms with Gasteiger partial charge in [-0.1, -0.05) is 84.4 Å². The molecule has 0 aromatic heterocycles. The van der Waals surface area contributed by atoms with E-state index in [1.54, 1.807) is 30.3 Å². The van der Waals surface area contributed by atoms with E-state index < -0.39 is 0 Å². The first-order valence-corrected chi connectivity index (χ1v) is 12.7. The summed E-state index contributed by atoms with van der Waals surface area (Å²) in [7, 11) is 0. The standard InChI is InChI=1S/C35H29NO2/c1-24-19-25(2)35(26(3)20-24)36(31-10-5-4-6-11-31)32-17-16-28-21-27(13-15-29(28)22-32)14-18-34(38)33-12-8-7-9-30(33)23-37/h4-23H,1-3H3/b18-14+. The van der Waals surface area contributed by atoms with Crippen LogP contribution in [0.1, 0.15) is 43.0 Å². The maximum absolute atomic E-state index is 12.7. The number of anilines is 3. The van der Waals surface area contributed by atoms with Crippen molar-refractivity contribution in [2.45, 2.75) is 20.8 Å². The van der Waals surface area contributed by atoms with Crippen LogP contribution in [0, 0.1) is 20.8 Å². The second kappa shape index (κ2) is 10.7. The van der Waals surface area contributed by atoms with E-state index in [2.05, 4.69) is 92.4 Å². The van der Waals surface area contributed by atoms with Gasteiger partial charge in [-0.25, -0.2) is 0 Å². The van der Waals surface area contributed by atoms with Crippen LogP contribution in [0.4, 0.5) is 17.1 Å². The fourth-order valence-electron chi connectivity index (χ4n) is 5.09. The SMILES string of the molecule is Cc1cc(C)c(N(c2ccccc2)c2ccc3cc(/C=C/C(=O)c4ccccc4C=O)ccc3c2)c(C)c1. The summed E-state index contributed by atoms with van der Waals surface area (Å²) in [5.41, 5.74) is 8.83. The first kappa shape index (κ1) is 24.9. The number of fused-ring (bicyclic) bond motifs is 1. The third-order valence-electron chi connectivity index (χ3n) is 6.76. The number of ketones is 1. The van der Waals surface area contributed by atoms with Gasteiger partial charge in [0.15, 0.2) is 12.1 Å². The van der Waals surface area contributed by atoms with Crippen LogP contribution >= 0.6 is 0 Å².